The lowest BCUT2D eigenvalue weighted by Gasteiger charge is -2.19. The SMILES string of the molecule is COc1ccccc1N1C[C@@H](C(=O)OCc2nc3ccccc3s2)CC1=O. The Hall–Kier alpha value is -2.93. The zero-order valence-electron chi connectivity index (χ0n) is 14.8. The molecular formula is C20H18N2O4S. The molecule has 1 aliphatic heterocycles. The minimum atomic E-state index is -0.489. The summed E-state index contributed by atoms with van der Waals surface area (Å²) in [6.45, 7) is 0.412. The number of hydrogen-bond acceptors (Lipinski definition) is 6. The Bertz CT molecular complexity index is 967. The summed E-state index contributed by atoms with van der Waals surface area (Å²) in [5.74, 6) is -0.368. The van der Waals surface area contributed by atoms with Crippen molar-refractivity contribution in [2.45, 2.75) is 13.0 Å². The number of aromatic nitrogens is 1. The van der Waals surface area contributed by atoms with Crippen molar-refractivity contribution in [3.8, 4) is 5.75 Å². The highest BCUT2D eigenvalue weighted by atomic mass is 32.1. The number of carbonyl (C=O) groups is 2. The van der Waals surface area contributed by atoms with Gasteiger partial charge in [-0.25, -0.2) is 4.98 Å². The average molecular weight is 382 g/mol. The van der Waals surface area contributed by atoms with E-state index in [0.717, 1.165) is 15.2 Å². The van der Waals surface area contributed by atoms with Crippen molar-refractivity contribution in [1.82, 2.24) is 4.98 Å². The number of ether oxygens (including phenoxy) is 2. The first kappa shape index (κ1) is 17.5. The highest BCUT2D eigenvalue weighted by Crippen LogP contribution is 2.33. The smallest absolute Gasteiger partial charge is 0.311 e. The molecule has 0 radical (unpaired) electrons. The summed E-state index contributed by atoms with van der Waals surface area (Å²) in [5, 5.41) is 0.746. The van der Waals surface area contributed by atoms with Gasteiger partial charge in [-0.1, -0.05) is 24.3 Å². The second-order valence-electron chi connectivity index (χ2n) is 6.26. The molecule has 6 nitrogen and oxygen atoms in total. The summed E-state index contributed by atoms with van der Waals surface area (Å²) in [7, 11) is 1.56. The van der Waals surface area contributed by atoms with Crippen molar-refractivity contribution in [3.63, 3.8) is 0 Å². The number of amides is 1. The predicted octanol–water partition coefficient (Wildman–Crippen LogP) is 3.40. The Morgan fingerprint density at radius 1 is 1.22 bits per heavy atom. The minimum absolute atomic E-state index is 0.110. The lowest BCUT2D eigenvalue weighted by molar-refractivity contribution is -0.149. The van der Waals surface area contributed by atoms with Crippen molar-refractivity contribution in [1.29, 1.82) is 0 Å². The number of methoxy groups -OCH3 is 1. The quantitative estimate of drug-likeness (QED) is 0.633. The first-order valence-electron chi connectivity index (χ1n) is 8.60. The zero-order chi connectivity index (χ0) is 18.8. The van der Waals surface area contributed by atoms with E-state index in [1.54, 1.807) is 18.1 Å². The Kier molecular flexibility index (Phi) is 4.77. The molecular weight excluding hydrogens is 364 g/mol. The first-order valence-corrected chi connectivity index (χ1v) is 9.42. The topological polar surface area (TPSA) is 68.7 Å². The minimum Gasteiger partial charge on any atom is -0.495 e. The molecule has 1 amide bonds. The number of carbonyl (C=O) groups excluding carboxylic acids is 2. The van der Waals surface area contributed by atoms with Crippen LogP contribution in [-0.2, 0) is 20.9 Å². The van der Waals surface area contributed by atoms with E-state index in [2.05, 4.69) is 4.98 Å². The van der Waals surface area contributed by atoms with Crippen molar-refractivity contribution < 1.29 is 19.1 Å². The molecule has 2 aromatic carbocycles. The van der Waals surface area contributed by atoms with Crippen molar-refractivity contribution in [2.75, 3.05) is 18.6 Å². The molecule has 1 fully saturated rings. The van der Waals surface area contributed by atoms with Crippen LogP contribution in [0.5, 0.6) is 5.75 Å². The third-order valence-corrected chi connectivity index (χ3v) is 5.52. The van der Waals surface area contributed by atoms with Crippen LogP contribution >= 0.6 is 11.3 Å². The second-order valence-corrected chi connectivity index (χ2v) is 7.38. The summed E-state index contributed by atoms with van der Waals surface area (Å²) in [5.41, 5.74) is 1.57. The van der Waals surface area contributed by atoms with Crippen molar-refractivity contribution in [2.24, 2.45) is 5.92 Å². The molecule has 138 valence electrons. The number of anilines is 1. The largest absolute Gasteiger partial charge is 0.495 e. The van der Waals surface area contributed by atoms with E-state index in [0.29, 0.717) is 11.4 Å². The molecule has 27 heavy (non-hydrogen) atoms. The molecule has 0 saturated carbocycles. The van der Waals surface area contributed by atoms with Crippen LogP contribution in [-0.4, -0.2) is 30.5 Å². The van der Waals surface area contributed by atoms with E-state index in [1.807, 2.05) is 42.5 Å². The van der Waals surface area contributed by atoms with E-state index in [9.17, 15) is 9.59 Å². The monoisotopic (exact) mass is 382 g/mol. The normalized spacial score (nSPS) is 16.7. The van der Waals surface area contributed by atoms with Gasteiger partial charge < -0.3 is 14.4 Å². The molecule has 0 N–H and O–H groups in total. The van der Waals surface area contributed by atoms with Gasteiger partial charge in [-0.05, 0) is 24.3 Å². The molecule has 0 bridgehead atoms. The van der Waals surface area contributed by atoms with Gasteiger partial charge in [-0.3, -0.25) is 9.59 Å². The second kappa shape index (κ2) is 7.36. The molecule has 1 saturated heterocycles. The van der Waals surface area contributed by atoms with Crippen LogP contribution in [0.15, 0.2) is 48.5 Å². The highest BCUT2D eigenvalue weighted by molar-refractivity contribution is 7.18. The number of thiazole rings is 1. The van der Waals surface area contributed by atoms with Gasteiger partial charge in [0.15, 0.2) is 0 Å². The van der Waals surface area contributed by atoms with E-state index < -0.39 is 5.92 Å². The maximum atomic E-state index is 12.5. The number of nitrogens with zero attached hydrogens (tertiary/aromatic N) is 2. The van der Waals surface area contributed by atoms with Gasteiger partial charge in [0.25, 0.3) is 0 Å². The van der Waals surface area contributed by atoms with E-state index in [4.69, 9.17) is 9.47 Å². The molecule has 4 rings (SSSR count). The lowest BCUT2D eigenvalue weighted by atomic mass is 10.1. The van der Waals surface area contributed by atoms with Crippen LogP contribution in [0.4, 0.5) is 5.69 Å². The number of esters is 1. The molecule has 0 unspecified atom stereocenters. The third kappa shape index (κ3) is 3.50. The molecule has 7 heteroatoms. The van der Waals surface area contributed by atoms with Gasteiger partial charge in [-0.15, -0.1) is 11.3 Å². The van der Waals surface area contributed by atoms with E-state index in [1.165, 1.54) is 11.3 Å². The Labute approximate surface area is 160 Å². The fourth-order valence-electron chi connectivity index (χ4n) is 3.18. The highest BCUT2D eigenvalue weighted by Gasteiger charge is 2.37. The molecule has 0 spiro atoms. The fourth-order valence-corrected chi connectivity index (χ4v) is 4.06. The van der Waals surface area contributed by atoms with Crippen molar-refractivity contribution in [3.05, 3.63) is 53.5 Å². The van der Waals surface area contributed by atoms with Gasteiger partial charge >= 0.3 is 5.97 Å². The Morgan fingerprint density at radius 2 is 2.00 bits per heavy atom. The van der Waals surface area contributed by atoms with Crippen LogP contribution in [0.1, 0.15) is 11.4 Å². The number of para-hydroxylation sites is 3. The Morgan fingerprint density at radius 3 is 2.81 bits per heavy atom. The molecule has 2 heterocycles. The number of hydrogen-bond donors (Lipinski definition) is 0. The summed E-state index contributed by atoms with van der Waals surface area (Å²) < 4.78 is 11.8. The summed E-state index contributed by atoms with van der Waals surface area (Å²) in [6, 6.07) is 15.1. The predicted molar refractivity (Wildman–Crippen MR) is 103 cm³/mol. The average Bonchev–Trinajstić information content (AvgIpc) is 3.29. The number of rotatable bonds is 5. The van der Waals surface area contributed by atoms with Gasteiger partial charge in [0.05, 0.1) is 28.9 Å². The zero-order valence-corrected chi connectivity index (χ0v) is 15.6. The van der Waals surface area contributed by atoms with E-state index >= 15 is 0 Å². The third-order valence-electron chi connectivity index (χ3n) is 4.51. The first-order chi connectivity index (χ1) is 13.2. The van der Waals surface area contributed by atoms with Gasteiger partial charge in [0, 0.05) is 13.0 Å². The van der Waals surface area contributed by atoms with Gasteiger partial charge in [-0.2, -0.15) is 0 Å². The number of fused-ring (bicyclic) bond motifs is 1. The summed E-state index contributed by atoms with van der Waals surface area (Å²) >= 11 is 1.50. The molecule has 3 aromatic rings. The maximum absolute atomic E-state index is 12.5. The number of benzene rings is 2. The van der Waals surface area contributed by atoms with Gasteiger partial charge in [0.2, 0.25) is 5.91 Å². The maximum Gasteiger partial charge on any atom is 0.311 e. The fraction of sp³-hybridized carbons (Fsp3) is 0.250. The van der Waals surface area contributed by atoms with Crippen LogP contribution in [0, 0.1) is 5.92 Å². The van der Waals surface area contributed by atoms with Crippen LogP contribution in [0.2, 0.25) is 0 Å². The lowest BCUT2D eigenvalue weighted by Crippen LogP contribution is -2.26. The standard InChI is InChI=1S/C20H18N2O4S/c1-25-16-8-4-3-7-15(16)22-11-13(10-19(22)23)20(24)26-12-18-21-14-6-2-5-9-17(14)27-18/h2-9,13H,10-12H2,1H3/t13-/m0/s1. The van der Waals surface area contributed by atoms with Crippen LogP contribution < -0.4 is 9.64 Å². The molecule has 0 aliphatic carbocycles. The van der Waals surface area contributed by atoms with Crippen molar-refractivity contribution >= 4 is 39.1 Å². The molecule has 1 aliphatic rings. The summed E-state index contributed by atoms with van der Waals surface area (Å²) in [4.78, 5) is 30.9. The molecule has 1 atom stereocenters. The summed E-state index contributed by atoms with van der Waals surface area (Å²) in [6.07, 6.45) is 0.136. The van der Waals surface area contributed by atoms with E-state index in [-0.39, 0.29) is 31.4 Å². The molecule has 1 aromatic heterocycles. The van der Waals surface area contributed by atoms with Crippen LogP contribution in [0.3, 0.4) is 0 Å². The van der Waals surface area contributed by atoms with Gasteiger partial charge in [0.1, 0.15) is 17.4 Å². The Balaban J connectivity index is 1.41. The van der Waals surface area contributed by atoms with Crippen LogP contribution in [0.25, 0.3) is 10.2 Å².